The average Bonchev–Trinajstić information content (AvgIpc) is 3.09. The number of carbonyl (C=O) groups excluding carboxylic acids is 2. The number of carbonyl (C=O) groups is 2. The van der Waals surface area contributed by atoms with Crippen molar-refractivity contribution in [1.82, 2.24) is 15.3 Å². The van der Waals surface area contributed by atoms with Gasteiger partial charge in [-0.25, -0.2) is 9.78 Å². The van der Waals surface area contributed by atoms with Gasteiger partial charge in [-0.05, 0) is 31.2 Å². The number of para-hydroxylation sites is 1. The van der Waals surface area contributed by atoms with Crippen molar-refractivity contribution in [2.45, 2.75) is 18.8 Å². The minimum atomic E-state index is -5.24. The highest BCUT2D eigenvalue weighted by Crippen LogP contribution is 2.36. The zero-order valence-corrected chi connectivity index (χ0v) is 15.8. The number of ether oxygens (including phenoxy) is 1. The first-order valence-electron chi connectivity index (χ1n) is 8.37. The summed E-state index contributed by atoms with van der Waals surface area (Å²) in [6, 6.07) is 9.33. The number of hydrogen-bond acceptors (Lipinski definition) is 7. The number of nitrogens with one attached hydrogen (secondary N) is 2. The molecule has 0 saturated heterocycles. The molecular weight excluding hydrogens is 409 g/mol. The van der Waals surface area contributed by atoms with Crippen LogP contribution in [0.25, 0.3) is 10.2 Å². The summed E-state index contributed by atoms with van der Waals surface area (Å²) < 4.78 is 47.7. The Morgan fingerprint density at radius 1 is 1.17 bits per heavy atom. The van der Waals surface area contributed by atoms with Crippen LogP contribution in [0.15, 0.2) is 48.8 Å². The number of pyridine rings is 1. The van der Waals surface area contributed by atoms with E-state index in [1.54, 1.807) is 29.6 Å². The number of thiazole rings is 1. The van der Waals surface area contributed by atoms with Crippen molar-refractivity contribution >= 4 is 38.6 Å². The standard InChI is InChI=1S/C18H15F3N4O3S/c1-2-28-15(27)17(18(19,20)21,24-14(26)11-6-5-9-22-10-11)25-16-23-12-7-3-4-8-13(12)29-16/h3-10H,2H2,1H3,(H,23,25)(H,24,26)/t17-/m1/s1. The Hall–Kier alpha value is -3.21. The highest BCUT2D eigenvalue weighted by atomic mass is 32.1. The molecule has 3 aromatic rings. The molecule has 0 unspecified atom stereocenters. The summed E-state index contributed by atoms with van der Waals surface area (Å²) in [5, 5.41) is 3.60. The maximum absolute atomic E-state index is 14.1. The molecule has 2 aromatic heterocycles. The third-order valence-electron chi connectivity index (χ3n) is 3.82. The molecule has 0 bridgehead atoms. The van der Waals surface area contributed by atoms with E-state index in [1.807, 2.05) is 0 Å². The minimum absolute atomic E-state index is 0.156. The SMILES string of the molecule is CCOC(=O)[C@@](NC(=O)c1cccnc1)(Nc1nc2ccccc2s1)C(F)(F)F. The normalized spacial score (nSPS) is 13.5. The van der Waals surface area contributed by atoms with Crippen LogP contribution >= 0.6 is 11.3 Å². The highest BCUT2D eigenvalue weighted by molar-refractivity contribution is 7.22. The van der Waals surface area contributed by atoms with E-state index in [9.17, 15) is 22.8 Å². The van der Waals surface area contributed by atoms with Gasteiger partial charge in [-0.15, -0.1) is 0 Å². The van der Waals surface area contributed by atoms with E-state index in [-0.39, 0.29) is 17.3 Å². The first-order chi connectivity index (χ1) is 13.8. The molecule has 0 aliphatic heterocycles. The topological polar surface area (TPSA) is 93.2 Å². The molecule has 0 aliphatic rings. The van der Waals surface area contributed by atoms with Gasteiger partial charge >= 0.3 is 17.8 Å². The van der Waals surface area contributed by atoms with Gasteiger partial charge in [-0.1, -0.05) is 23.5 Å². The Balaban J connectivity index is 2.05. The van der Waals surface area contributed by atoms with Crippen LogP contribution in [0.5, 0.6) is 0 Å². The number of benzene rings is 1. The van der Waals surface area contributed by atoms with Crippen LogP contribution in [-0.2, 0) is 9.53 Å². The van der Waals surface area contributed by atoms with E-state index in [1.165, 1.54) is 25.3 Å². The third kappa shape index (κ3) is 4.14. The van der Waals surface area contributed by atoms with Crippen molar-refractivity contribution in [3.8, 4) is 0 Å². The summed E-state index contributed by atoms with van der Waals surface area (Å²) in [6.45, 7) is 1.04. The van der Waals surface area contributed by atoms with Gasteiger partial charge < -0.3 is 15.4 Å². The van der Waals surface area contributed by atoms with Gasteiger partial charge in [0.05, 0.1) is 22.4 Å². The van der Waals surface area contributed by atoms with Crippen molar-refractivity contribution in [2.75, 3.05) is 11.9 Å². The van der Waals surface area contributed by atoms with Crippen LogP contribution in [0.1, 0.15) is 17.3 Å². The molecule has 2 N–H and O–H groups in total. The number of halogens is 3. The lowest BCUT2D eigenvalue weighted by atomic mass is 10.1. The number of nitrogens with zero attached hydrogens (tertiary/aromatic N) is 2. The lowest BCUT2D eigenvalue weighted by Crippen LogP contribution is -2.69. The van der Waals surface area contributed by atoms with E-state index >= 15 is 0 Å². The second-order valence-electron chi connectivity index (χ2n) is 5.78. The molecule has 1 aromatic carbocycles. The van der Waals surface area contributed by atoms with Crippen LogP contribution in [0.2, 0.25) is 0 Å². The molecule has 0 radical (unpaired) electrons. The number of hydrogen-bond donors (Lipinski definition) is 2. The van der Waals surface area contributed by atoms with Crippen LogP contribution in [0.3, 0.4) is 0 Å². The Morgan fingerprint density at radius 3 is 2.55 bits per heavy atom. The monoisotopic (exact) mass is 424 g/mol. The summed E-state index contributed by atoms with van der Waals surface area (Å²) in [6.07, 6.45) is -2.80. The molecule has 0 spiro atoms. The second kappa shape index (κ2) is 8.03. The van der Waals surface area contributed by atoms with Crippen LogP contribution in [0.4, 0.5) is 18.3 Å². The summed E-state index contributed by atoms with van der Waals surface area (Å²) in [4.78, 5) is 32.7. The maximum Gasteiger partial charge on any atom is 0.442 e. The van der Waals surface area contributed by atoms with Crippen LogP contribution in [-0.4, -0.2) is 40.3 Å². The summed E-state index contributed by atoms with van der Waals surface area (Å²) in [7, 11) is 0. The number of fused-ring (bicyclic) bond motifs is 1. The Morgan fingerprint density at radius 2 is 1.93 bits per heavy atom. The van der Waals surface area contributed by atoms with Gasteiger partial charge in [-0.3, -0.25) is 9.78 Å². The van der Waals surface area contributed by atoms with Crippen molar-refractivity contribution < 1.29 is 27.5 Å². The first-order valence-corrected chi connectivity index (χ1v) is 9.18. The molecule has 3 rings (SSSR count). The number of anilines is 1. The smallest absolute Gasteiger partial charge is 0.442 e. The predicted molar refractivity (Wildman–Crippen MR) is 100 cm³/mol. The average molecular weight is 424 g/mol. The van der Waals surface area contributed by atoms with Crippen molar-refractivity contribution in [2.24, 2.45) is 0 Å². The summed E-state index contributed by atoms with van der Waals surface area (Å²) >= 11 is 0.905. The van der Waals surface area contributed by atoms with Crippen LogP contribution in [0, 0.1) is 0 Å². The molecule has 1 atom stereocenters. The highest BCUT2D eigenvalue weighted by Gasteiger charge is 2.64. The van der Waals surface area contributed by atoms with Gasteiger partial charge in [-0.2, -0.15) is 13.2 Å². The zero-order valence-electron chi connectivity index (χ0n) is 15.0. The molecule has 0 aliphatic carbocycles. The van der Waals surface area contributed by atoms with Gasteiger partial charge in [0.25, 0.3) is 5.91 Å². The van der Waals surface area contributed by atoms with Crippen molar-refractivity contribution in [3.05, 3.63) is 54.4 Å². The number of rotatable bonds is 6. The number of alkyl halides is 3. The van der Waals surface area contributed by atoms with Crippen molar-refractivity contribution in [3.63, 3.8) is 0 Å². The molecule has 0 fully saturated rings. The fraction of sp³-hybridized carbons (Fsp3) is 0.222. The number of aromatic nitrogens is 2. The maximum atomic E-state index is 14.1. The predicted octanol–water partition coefficient (Wildman–Crippen LogP) is 3.35. The molecule has 11 heteroatoms. The summed E-state index contributed by atoms with van der Waals surface area (Å²) in [5.41, 5.74) is -3.25. The molecule has 152 valence electrons. The van der Waals surface area contributed by atoms with E-state index in [4.69, 9.17) is 0 Å². The third-order valence-corrected chi connectivity index (χ3v) is 4.77. The molecule has 0 saturated carbocycles. The Labute approximate surface area is 166 Å². The van der Waals surface area contributed by atoms with Gasteiger partial charge in [0.1, 0.15) is 0 Å². The second-order valence-corrected chi connectivity index (χ2v) is 6.81. The first kappa shape index (κ1) is 20.5. The fourth-order valence-electron chi connectivity index (χ4n) is 2.46. The largest absolute Gasteiger partial charge is 0.463 e. The zero-order chi connectivity index (χ0) is 21.1. The molecular formula is C18H15F3N4O3S. The van der Waals surface area contributed by atoms with E-state index in [0.717, 1.165) is 17.5 Å². The lowest BCUT2D eigenvalue weighted by Gasteiger charge is -2.34. The molecule has 1 amide bonds. The number of amides is 1. The van der Waals surface area contributed by atoms with Gasteiger partial charge in [0, 0.05) is 12.4 Å². The Bertz CT molecular complexity index is 993. The van der Waals surface area contributed by atoms with E-state index < -0.39 is 23.7 Å². The Kier molecular flexibility index (Phi) is 5.69. The van der Waals surface area contributed by atoms with Gasteiger partial charge in [0.15, 0.2) is 5.13 Å². The van der Waals surface area contributed by atoms with E-state index in [2.05, 4.69) is 20.0 Å². The number of esters is 1. The van der Waals surface area contributed by atoms with Gasteiger partial charge in [0.2, 0.25) is 0 Å². The summed E-state index contributed by atoms with van der Waals surface area (Å²) in [5.74, 6) is -2.86. The van der Waals surface area contributed by atoms with E-state index in [0.29, 0.717) is 10.2 Å². The minimum Gasteiger partial charge on any atom is -0.463 e. The molecule has 2 heterocycles. The molecule has 29 heavy (non-hydrogen) atoms. The fourth-order valence-corrected chi connectivity index (χ4v) is 3.38. The lowest BCUT2D eigenvalue weighted by molar-refractivity contribution is -0.204. The molecule has 7 nitrogen and oxygen atoms in total. The van der Waals surface area contributed by atoms with Crippen molar-refractivity contribution in [1.29, 1.82) is 0 Å². The van der Waals surface area contributed by atoms with Crippen LogP contribution < -0.4 is 10.6 Å². The quantitative estimate of drug-likeness (QED) is 0.466.